The van der Waals surface area contributed by atoms with Crippen molar-refractivity contribution in [2.75, 3.05) is 26.7 Å². The van der Waals surface area contributed by atoms with Crippen molar-refractivity contribution in [3.05, 3.63) is 35.6 Å². The quantitative estimate of drug-likeness (QED) is 0.905. The summed E-state index contributed by atoms with van der Waals surface area (Å²) in [5.74, 6) is 0.0760. The van der Waals surface area contributed by atoms with Crippen molar-refractivity contribution in [1.82, 2.24) is 10.2 Å². The zero-order chi connectivity index (χ0) is 13.7. The molecule has 1 saturated heterocycles. The van der Waals surface area contributed by atoms with Crippen LogP contribution >= 0.6 is 0 Å². The van der Waals surface area contributed by atoms with Crippen LogP contribution in [0.4, 0.5) is 4.39 Å². The summed E-state index contributed by atoms with van der Waals surface area (Å²) in [5.41, 5.74) is 0.191. The van der Waals surface area contributed by atoms with Crippen molar-refractivity contribution in [3.8, 4) is 0 Å². The minimum Gasteiger partial charge on any atom is -0.339 e. The molecule has 0 unspecified atom stereocenters. The monoisotopic (exact) mass is 264 g/mol. The Balaban J connectivity index is 1.91. The third kappa shape index (κ3) is 3.53. The fourth-order valence-electron chi connectivity index (χ4n) is 2.58. The summed E-state index contributed by atoms with van der Waals surface area (Å²) in [6, 6.07) is 6.21. The molecule has 0 bridgehead atoms. The molecule has 3 nitrogen and oxygen atoms in total. The molecule has 4 heteroatoms. The van der Waals surface area contributed by atoms with Gasteiger partial charge in [0.15, 0.2) is 0 Å². The number of carbonyl (C=O) groups is 1. The van der Waals surface area contributed by atoms with Crippen LogP contribution in [0.5, 0.6) is 0 Å². The highest BCUT2D eigenvalue weighted by atomic mass is 19.1. The Bertz CT molecular complexity index is 428. The topological polar surface area (TPSA) is 32.3 Å². The Kier molecular flexibility index (Phi) is 4.91. The van der Waals surface area contributed by atoms with Crippen molar-refractivity contribution in [3.63, 3.8) is 0 Å². The first kappa shape index (κ1) is 14.0. The van der Waals surface area contributed by atoms with Gasteiger partial charge in [0.05, 0.1) is 5.56 Å². The van der Waals surface area contributed by atoms with E-state index in [0.717, 1.165) is 38.9 Å². The summed E-state index contributed by atoms with van der Waals surface area (Å²) in [7, 11) is 1.96. The lowest BCUT2D eigenvalue weighted by molar-refractivity contribution is 0.0682. The SMILES string of the molecule is CNCCC1CCN(C(=O)c2ccccc2F)CC1. The first-order chi connectivity index (χ1) is 9.22. The maximum Gasteiger partial charge on any atom is 0.256 e. The molecule has 1 aliphatic rings. The van der Waals surface area contributed by atoms with Crippen LogP contribution in [-0.4, -0.2) is 37.5 Å². The second-order valence-corrected chi connectivity index (χ2v) is 5.11. The van der Waals surface area contributed by atoms with Crippen LogP contribution in [0.25, 0.3) is 0 Å². The van der Waals surface area contributed by atoms with Crippen LogP contribution in [0.1, 0.15) is 29.6 Å². The minimum absolute atomic E-state index is 0.176. The van der Waals surface area contributed by atoms with E-state index < -0.39 is 5.82 Å². The number of amides is 1. The molecule has 0 spiro atoms. The van der Waals surface area contributed by atoms with Gasteiger partial charge in [-0.15, -0.1) is 0 Å². The van der Waals surface area contributed by atoms with Crippen molar-refractivity contribution in [1.29, 1.82) is 0 Å². The zero-order valence-corrected chi connectivity index (χ0v) is 11.4. The van der Waals surface area contributed by atoms with Gasteiger partial charge in [0.25, 0.3) is 5.91 Å². The van der Waals surface area contributed by atoms with E-state index in [1.54, 1.807) is 23.1 Å². The molecule has 1 aromatic carbocycles. The smallest absolute Gasteiger partial charge is 0.256 e. The molecule has 104 valence electrons. The first-order valence-corrected chi connectivity index (χ1v) is 6.90. The van der Waals surface area contributed by atoms with E-state index in [-0.39, 0.29) is 11.5 Å². The molecule has 0 aromatic heterocycles. The molecule has 1 amide bonds. The maximum absolute atomic E-state index is 13.6. The average molecular weight is 264 g/mol. The minimum atomic E-state index is -0.426. The molecular weight excluding hydrogens is 243 g/mol. The number of carbonyl (C=O) groups excluding carboxylic acids is 1. The Morgan fingerprint density at radius 3 is 2.68 bits per heavy atom. The number of benzene rings is 1. The molecule has 1 fully saturated rings. The summed E-state index contributed by atoms with van der Waals surface area (Å²) in [5, 5.41) is 3.15. The number of halogens is 1. The second-order valence-electron chi connectivity index (χ2n) is 5.11. The highest BCUT2D eigenvalue weighted by Crippen LogP contribution is 2.22. The second kappa shape index (κ2) is 6.66. The Morgan fingerprint density at radius 2 is 2.05 bits per heavy atom. The van der Waals surface area contributed by atoms with Gasteiger partial charge in [-0.2, -0.15) is 0 Å². The van der Waals surface area contributed by atoms with Gasteiger partial charge in [0.1, 0.15) is 5.82 Å². The number of hydrogen-bond donors (Lipinski definition) is 1. The third-order valence-electron chi connectivity index (χ3n) is 3.81. The molecule has 1 aliphatic heterocycles. The van der Waals surface area contributed by atoms with Gasteiger partial charge in [-0.1, -0.05) is 12.1 Å². The van der Waals surface area contributed by atoms with E-state index in [1.165, 1.54) is 6.07 Å². The number of piperidine rings is 1. The Hall–Kier alpha value is -1.42. The molecule has 0 saturated carbocycles. The number of rotatable bonds is 4. The zero-order valence-electron chi connectivity index (χ0n) is 11.4. The summed E-state index contributed by atoms with van der Waals surface area (Å²) >= 11 is 0. The van der Waals surface area contributed by atoms with Crippen LogP contribution in [0, 0.1) is 11.7 Å². The van der Waals surface area contributed by atoms with E-state index in [0.29, 0.717) is 5.92 Å². The number of nitrogens with one attached hydrogen (secondary N) is 1. The van der Waals surface area contributed by atoms with Crippen LogP contribution in [0.15, 0.2) is 24.3 Å². The van der Waals surface area contributed by atoms with Gasteiger partial charge in [-0.05, 0) is 50.9 Å². The third-order valence-corrected chi connectivity index (χ3v) is 3.81. The van der Waals surface area contributed by atoms with Gasteiger partial charge >= 0.3 is 0 Å². The van der Waals surface area contributed by atoms with Crippen LogP contribution in [0.3, 0.4) is 0 Å². The number of nitrogens with zero attached hydrogens (tertiary/aromatic N) is 1. The van der Waals surface area contributed by atoms with Crippen LogP contribution < -0.4 is 5.32 Å². The molecule has 19 heavy (non-hydrogen) atoms. The van der Waals surface area contributed by atoms with E-state index in [9.17, 15) is 9.18 Å². The summed E-state index contributed by atoms with van der Waals surface area (Å²) < 4.78 is 13.6. The largest absolute Gasteiger partial charge is 0.339 e. The van der Waals surface area contributed by atoms with E-state index in [4.69, 9.17) is 0 Å². The normalized spacial score (nSPS) is 16.6. The lowest BCUT2D eigenvalue weighted by Crippen LogP contribution is -2.39. The molecule has 0 radical (unpaired) electrons. The number of hydrogen-bond acceptors (Lipinski definition) is 2. The lowest BCUT2D eigenvalue weighted by atomic mass is 9.93. The molecule has 1 aromatic rings. The highest BCUT2D eigenvalue weighted by Gasteiger charge is 2.24. The Morgan fingerprint density at radius 1 is 1.37 bits per heavy atom. The van der Waals surface area contributed by atoms with Gasteiger partial charge in [0.2, 0.25) is 0 Å². The van der Waals surface area contributed by atoms with E-state index in [1.807, 2.05) is 7.05 Å². The van der Waals surface area contributed by atoms with Crippen molar-refractivity contribution in [2.45, 2.75) is 19.3 Å². The van der Waals surface area contributed by atoms with Gasteiger partial charge in [0, 0.05) is 13.1 Å². The van der Waals surface area contributed by atoms with Gasteiger partial charge < -0.3 is 10.2 Å². The van der Waals surface area contributed by atoms with Gasteiger partial charge in [-0.25, -0.2) is 4.39 Å². The molecule has 0 aliphatic carbocycles. The predicted molar refractivity (Wildman–Crippen MR) is 73.6 cm³/mol. The van der Waals surface area contributed by atoms with E-state index >= 15 is 0 Å². The molecule has 0 atom stereocenters. The molecular formula is C15H21FN2O. The molecule has 2 rings (SSSR count). The summed E-state index contributed by atoms with van der Waals surface area (Å²) in [6.45, 7) is 2.50. The van der Waals surface area contributed by atoms with Gasteiger partial charge in [-0.3, -0.25) is 4.79 Å². The van der Waals surface area contributed by atoms with Crippen LogP contribution in [0.2, 0.25) is 0 Å². The standard InChI is InChI=1S/C15H21FN2O/c1-17-9-6-12-7-10-18(11-8-12)15(19)13-4-2-3-5-14(13)16/h2-5,12,17H,6-11H2,1H3. The number of likely N-dealkylation sites (tertiary alicyclic amines) is 1. The first-order valence-electron chi connectivity index (χ1n) is 6.90. The maximum atomic E-state index is 13.6. The Labute approximate surface area is 113 Å². The molecule has 1 heterocycles. The van der Waals surface area contributed by atoms with Crippen molar-refractivity contribution >= 4 is 5.91 Å². The average Bonchev–Trinajstić information content (AvgIpc) is 2.45. The van der Waals surface area contributed by atoms with Crippen LogP contribution in [-0.2, 0) is 0 Å². The highest BCUT2D eigenvalue weighted by molar-refractivity contribution is 5.94. The summed E-state index contributed by atoms with van der Waals surface area (Å²) in [6.07, 6.45) is 3.18. The van der Waals surface area contributed by atoms with E-state index in [2.05, 4.69) is 5.32 Å². The fraction of sp³-hybridized carbons (Fsp3) is 0.533. The molecule has 1 N–H and O–H groups in total. The van der Waals surface area contributed by atoms with Crippen molar-refractivity contribution in [2.24, 2.45) is 5.92 Å². The fourth-order valence-corrected chi connectivity index (χ4v) is 2.58. The summed E-state index contributed by atoms with van der Waals surface area (Å²) in [4.78, 5) is 14.0. The van der Waals surface area contributed by atoms with Crippen molar-refractivity contribution < 1.29 is 9.18 Å². The predicted octanol–water partition coefficient (Wildman–Crippen LogP) is 2.29. The lowest BCUT2D eigenvalue weighted by Gasteiger charge is -2.32.